The molecule has 0 aromatic heterocycles. The van der Waals surface area contributed by atoms with Gasteiger partial charge in [0.15, 0.2) is 18.4 Å². The fourth-order valence-corrected chi connectivity index (χ4v) is 7.68. The van der Waals surface area contributed by atoms with Crippen LogP contribution in [-0.4, -0.2) is 142 Å². The van der Waals surface area contributed by atoms with Crippen LogP contribution in [0.5, 0.6) is 0 Å². The lowest BCUT2D eigenvalue weighted by atomic mass is 9.79. The molecule has 14 heteroatoms. The lowest BCUT2D eigenvalue weighted by molar-refractivity contribution is -0.341. The van der Waals surface area contributed by atoms with E-state index >= 15 is 0 Å². The van der Waals surface area contributed by atoms with Gasteiger partial charge in [-0.15, -0.1) is 0 Å². The van der Waals surface area contributed by atoms with Gasteiger partial charge in [0.05, 0.1) is 49.1 Å². The van der Waals surface area contributed by atoms with E-state index in [4.69, 9.17) is 23.7 Å². The Morgan fingerprint density at radius 3 is 2.27 bits per heavy atom. The fourth-order valence-electron chi connectivity index (χ4n) is 7.68. The number of nitrogens with zero attached hydrogens (tertiary/aromatic N) is 1. The van der Waals surface area contributed by atoms with Crippen LogP contribution in [0, 0.1) is 23.7 Å². The molecule has 5 N–H and O–H groups in total. The zero-order valence-corrected chi connectivity index (χ0v) is 32.2. The lowest BCUT2D eigenvalue weighted by Gasteiger charge is -2.50. The molecule has 3 heterocycles. The van der Waals surface area contributed by atoms with Gasteiger partial charge in [-0.25, -0.2) is 0 Å². The van der Waals surface area contributed by atoms with Crippen LogP contribution in [0.25, 0.3) is 0 Å². The first-order chi connectivity index (χ1) is 24.3. The zero-order valence-electron chi connectivity index (χ0n) is 32.2. The SMILES string of the molecule is CC[C@H]1OC(=O)C[C@@H](O)[C@H](C)[C@@H](O[C@@H]2O[C@H](C)[C@@H](O[C@H]3C[C@@](C)(O)[C@@H](O)[C@H](C)O3)[C@H](N(C)C)[C@H]2O)[C@@H](CC=O)C[C@@H](C)C(=O)/C=C\C(C)=C/[C@@H]1CO. The van der Waals surface area contributed by atoms with Crippen molar-refractivity contribution in [2.24, 2.45) is 23.7 Å². The second-order valence-corrected chi connectivity index (χ2v) is 15.5. The van der Waals surface area contributed by atoms with Gasteiger partial charge in [-0.2, -0.15) is 0 Å². The molecule has 16 atom stereocenters. The van der Waals surface area contributed by atoms with E-state index in [0.29, 0.717) is 12.0 Å². The van der Waals surface area contributed by atoms with Crippen LogP contribution >= 0.6 is 0 Å². The van der Waals surface area contributed by atoms with Gasteiger partial charge >= 0.3 is 5.97 Å². The number of carbonyl (C=O) groups excluding carboxylic acids is 3. The van der Waals surface area contributed by atoms with Crippen LogP contribution in [0.3, 0.4) is 0 Å². The normalized spacial score (nSPS) is 44.8. The molecule has 3 aliphatic heterocycles. The van der Waals surface area contributed by atoms with Gasteiger partial charge < -0.3 is 58.9 Å². The molecule has 3 aliphatic rings. The Bertz CT molecular complexity index is 1240. The number of hydrogen-bond donors (Lipinski definition) is 5. The third-order valence-corrected chi connectivity index (χ3v) is 10.9. The van der Waals surface area contributed by atoms with E-state index in [-0.39, 0.29) is 31.7 Å². The molecule has 0 spiro atoms. The first kappa shape index (κ1) is 44.3. The summed E-state index contributed by atoms with van der Waals surface area (Å²) in [5.41, 5.74) is -0.773. The quantitative estimate of drug-likeness (QED) is 0.169. The minimum absolute atomic E-state index is 0.0210. The number of ketones is 1. The third kappa shape index (κ3) is 11.2. The Morgan fingerprint density at radius 2 is 1.69 bits per heavy atom. The second-order valence-electron chi connectivity index (χ2n) is 15.5. The van der Waals surface area contributed by atoms with E-state index in [0.717, 1.165) is 6.29 Å². The number of aliphatic hydroxyl groups excluding tert-OH is 4. The molecule has 2 fully saturated rings. The van der Waals surface area contributed by atoms with Gasteiger partial charge in [0, 0.05) is 30.6 Å². The Balaban J connectivity index is 1.96. The van der Waals surface area contributed by atoms with Gasteiger partial charge in [-0.3, -0.25) is 9.59 Å². The number of rotatable bonds is 9. The first-order valence-corrected chi connectivity index (χ1v) is 18.5. The molecule has 0 aromatic carbocycles. The number of hydrogen-bond acceptors (Lipinski definition) is 14. The molecule has 0 unspecified atom stereocenters. The molecule has 298 valence electrons. The van der Waals surface area contributed by atoms with Crippen LogP contribution < -0.4 is 0 Å². The van der Waals surface area contributed by atoms with Crippen molar-refractivity contribution >= 4 is 18.0 Å². The molecule has 14 nitrogen and oxygen atoms in total. The second kappa shape index (κ2) is 19.5. The first-order valence-electron chi connectivity index (χ1n) is 18.5. The minimum Gasteiger partial charge on any atom is -0.462 e. The van der Waals surface area contributed by atoms with E-state index < -0.39 is 109 Å². The van der Waals surface area contributed by atoms with Crippen LogP contribution in [-0.2, 0) is 38.1 Å². The molecule has 0 aromatic rings. The number of likely N-dealkylation sites (N-methyl/N-ethyl adjacent to an activating group) is 1. The Kier molecular flexibility index (Phi) is 16.6. The summed E-state index contributed by atoms with van der Waals surface area (Å²) in [4.78, 5) is 40.3. The number of allylic oxidation sites excluding steroid dienone is 3. The fraction of sp³-hybridized carbons (Fsp3) is 0.816. The van der Waals surface area contributed by atoms with E-state index in [1.54, 1.807) is 65.8 Å². The van der Waals surface area contributed by atoms with Crippen molar-refractivity contribution in [3.8, 4) is 0 Å². The molecule has 0 saturated carbocycles. The number of aldehydes is 1. The summed E-state index contributed by atoms with van der Waals surface area (Å²) in [5, 5.41) is 54.5. The van der Waals surface area contributed by atoms with Gasteiger partial charge in [0.2, 0.25) is 0 Å². The highest BCUT2D eigenvalue weighted by molar-refractivity contribution is 5.91. The smallest absolute Gasteiger partial charge is 0.308 e. The third-order valence-electron chi connectivity index (χ3n) is 10.9. The molecule has 3 rings (SSSR count). The van der Waals surface area contributed by atoms with Gasteiger partial charge in [0.25, 0.3) is 0 Å². The number of esters is 1. The highest BCUT2D eigenvalue weighted by Crippen LogP contribution is 2.37. The van der Waals surface area contributed by atoms with Crippen molar-refractivity contribution in [1.29, 1.82) is 0 Å². The summed E-state index contributed by atoms with van der Waals surface area (Å²) < 4.78 is 30.7. The highest BCUT2D eigenvalue weighted by atomic mass is 16.7. The lowest BCUT2D eigenvalue weighted by Crippen LogP contribution is -2.65. The average molecular weight is 742 g/mol. The molecular weight excluding hydrogens is 678 g/mol. The maximum Gasteiger partial charge on any atom is 0.308 e. The summed E-state index contributed by atoms with van der Waals surface area (Å²) in [5.74, 6) is -3.38. The van der Waals surface area contributed by atoms with Crippen LogP contribution in [0.2, 0.25) is 0 Å². The predicted octanol–water partition coefficient (Wildman–Crippen LogP) is 1.67. The maximum absolute atomic E-state index is 13.3. The molecule has 0 aliphatic carbocycles. The van der Waals surface area contributed by atoms with Gasteiger partial charge in [0.1, 0.15) is 30.7 Å². The Labute approximate surface area is 308 Å². The highest BCUT2D eigenvalue weighted by Gasteiger charge is 2.51. The topological polar surface area (TPSA) is 202 Å². The summed E-state index contributed by atoms with van der Waals surface area (Å²) in [6.07, 6.45) is -4.08. The monoisotopic (exact) mass is 741 g/mol. The molecule has 0 bridgehead atoms. The van der Waals surface area contributed by atoms with Crippen molar-refractivity contribution in [2.45, 2.75) is 154 Å². The number of aliphatic hydroxyl groups is 5. The largest absolute Gasteiger partial charge is 0.462 e. The Hall–Kier alpha value is -2.11. The maximum atomic E-state index is 13.3. The van der Waals surface area contributed by atoms with Crippen LogP contribution in [0.15, 0.2) is 23.8 Å². The zero-order chi connectivity index (χ0) is 39.1. The summed E-state index contributed by atoms with van der Waals surface area (Å²) >= 11 is 0. The average Bonchev–Trinajstić information content (AvgIpc) is 3.07. The number of carbonyl (C=O) groups is 3. The standard InChI is InChI=1S/C38H63NO13/c1-10-29-26(19-41)15-20(2)11-12-27(42)21(3)16-25(13-14-40)34(22(4)28(43)17-30(44)50-29)52-37-33(45)32(39(8)9)35(23(5)49-37)51-31-18-38(7,47)36(46)24(6)48-31/h11-12,14-15,21-26,28-29,31-37,41,43,45-47H,10,13,16-19H2,1-9H3/b12-11-,20-15-/t21-,22+,23-,24+,25+,26-,28-,29-,31+,32-,33-,34-,35-,36+,37+,38-/m1/s1. The summed E-state index contributed by atoms with van der Waals surface area (Å²) in [6, 6.07) is -0.720. The summed E-state index contributed by atoms with van der Waals surface area (Å²) in [7, 11) is 3.51. The molecule has 0 radical (unpaired) electrons. The van der Waals surface area contributed by atoms with Crippen LogP contribution in [0.1, 0.15) is 80.6 Å². The van der Waals surface area contributed by atoms with Crippen molar-refractivity contribution in [2.75, 3.05) is 20.7 Å². The molecule has 2 saturated heterocycles. The van der Waals surface area contributed by atoms with Gasteiger partial charge in [-0.1, -0.05) is 38.5 Å². The number of cyclic esters (lactones) is 1. The molecule has 0 amide bonds. The van der Waals surface area contributed by atoms with Gasteiger partial charge in [-0.05, 0) is 66.6 Å². The van der Waals surface area contributed by atoms with Crippen molar-refractivity contribution in [3.63, 3.8) is 0 Å². The van der Waals surface area contributed by atoms with E-state index in [9.17, 15) is 39.9 Å². The summed E-state index contributed by atoms with van der Waals surface area (Å²) in [6.45, 7) is 11.6. The minimum atomic E-state index is -1.47. The number of ether oxygens (including phenoxy) is 5. The molecular formula is C38H63NO13. The van der Waals surface area contributed by atoms with E-state index in [2.05, 4.69) is 0 Å². The predicted molar refractivity (Wildman–Crippen MR) is 190 cm³/mol. The Morgan fingerprint density at radius 1 is 1.02 bits per heavy atom. The van der Waals surface area contributed by atoms with Crippen molar-refractivity contribution in [1.82, 2.24) is 4.90 Å². The van der Waals surface area contributed by atoms with E-state index in [1.165, 1.54) is 13.0 Å². The van der Waals surface area contributed by atoms with Crippen molar-refractivity contribution < 1.29 is 63.6 Å². The van der Waals surface area contributed by atoms with Crippen LogP contribution in [0.4, 0.5) is 0 Å². The van der Waals surface area contributed by atoms with E-state index in [1.807, 2.05) is 6.92 Å². The molecule has 52 heavy (non-hydrogen) atoms. The van der Waals surface area contributed by atoms with Crippen molar-refractivity contribution in [3.05, 3.63) is 23.8 Å².